The van der Waals surface area contributed by atoms with Gasteiger partial charge in [-0.15, -0.1) is 0 Å². The van der Waals surface area contributed by atoms with Gasteiger partial charge in [0, 0.05) is 12.2 Å². The molecule has 0 aromatic heterocycles. The van der Waals surface area contributed by atoms with Crippen molar-refractivity contribution in [1.29, 1.82) is 5.26 Å². The highest BCUT2D eigenvalue weighted by atomic mass is 19.4. The van der Waals surface area contributed by atoms with Gasteiger partial charge in [-0.2, -0.15) is 31.6 Å². The van der Waals surface area contributed by atoms with Crippen LogP contribution in [0.1, 0.15) is 30.4 Å². The smallest absolute Gasteiger partial charge is 0.417 e. The average Bonchev–Trinajstić information content (AvgIpc) is 2.83. The summed E-state index contributed by atoms with van der Waals surface area (Å²) >= 11 is 0. The van der Waals surface area contributed by atoms with Crippen molar-refractivity contribution in [3.63, 3.8) is 0 Å². The van der Waals surface area contributed by atoms with Crippen LogP contribution in [0.3, 0.4) is 0 Å². The van der Waals surface area contributed by atoms with E-state index in [1.807, 2.05) is 0 Å². The minimum absolute atomic E-state index is 0.202. The maximum Gasteiger partial charge on any atom is 0.417 e. The molecule has 1 aliphatic heterocycles. The Balaban J connectivity index is 1.57. The van der Waals surface area contributed by atoms with E-state index in [1.54, 1.807) is 24.3 Å². The Morgan fingerprint density at radius 1 is 0.861 bits per heavy atom. The van der Waals surface area contributed by atoms with Crippen molar-refractivity contribution in [1.82, 2.24) is 4.90 Å². The van der Waals surface area contributed by atoms with Crippen LogP contribution in [0, 0.1) is 11.3 Å². The molecular formula is C25H27F6N3O2. The zero-order valence-corrected chi connectivity index (χ0v) is 19.5. The molecule has 0 N–H and O–H groups in total. The molecule has 1 fully saturated rings. The molecule has 5 nitrogen and oxygen atoms in total. The monoisotopic (exact) mass is 515 g/mol. The lowest BCUT2D eigenvalue weighted by molar-refractivity contribution is -0.137. The van der Waals surface area contributed by atoms with E-state index >= 15 is 0 Å². The van der Waals surface area contributed by atoms with Crippen LogP contribution in [-0.2, 0) is 6.18 Å². The predicted octanol–water partition coefficient (Wildman–Crippen LogP) is 5.89. The molecule has 2 aromatic rings. The van der Waals surface area contributed by atoms with Gasteiger partial charge in [-0.3, -0.25) is 4.90 Å². The number of benzene rings is 2. The van der Waals surface area contributed by atoms with E-state index in [2.05, 4.69) is 4.90 Å². The van der Waals surface area contributed by atoms with E-state index in [-0.39, 0.29) is 18.8 Å². The van der Waals surface area contributed by atoms with Gasteiger partial charge in [0.2, 0.25) is 0 Å². The summed E-state index contributed by atoms with van der Waals surface area (Å²) in [6, 6.07) is 10.5. The summed E-state index contributed by atoms with van der Waals surface area (Å²) in [4.78, 5) is 3.09. The molecule has 0 saturated carbocycles. The number of hydrogen-bond donors (Lipinski definition) is 0. The third-order valence-electron chi connectivity index (χ3n) is 5.74. The molecule has 0 spiro atoms. The molecule has 1 saturated heterocycles. The number of nitriles is 1. The fraction of sp³-hybridized carbons (Fsp3) is 0.480. The minimum atomic E-state index is -4.88. The maximum absolute atomic E-state index is 13.3. The Labute approximate surface area is 205 Å². The third kappa shape index (κ3) is 8.52. The lowest BCUT2D eigenvalue weighted by Gasteiger charge is -2.27. The van der Waals surface area contributed by atoms with Gasteiger partial charge in [-0.25, -0.2) is 0 Å². The first-order valence-corrected chi connectivity index (χ1v) is 11.6. The van der Waals surface area contributed by atoms with Crippen molar-refractivity contribution in [2.45, 2.75) is 31.6 Å². The molecule has 11 heteroatoms. The van der Waals surface area contributed by atoms with E-state index in [4.69, 9.17) is 14.7 Å². The molecule has 0 atom stereocenters. The molecule has 3 rings (SSSR count). The first kappa shape index (κ1) is 27.5. The number of halogens is 6. The number of nitrogens with zero attached hydrogens (tertiary/aromatic N) is 3. The van der Waals surface area contributed by atoms with Gasteiger partial charge in [0.15, 0.2) is 0 Å². The maximum atomic E-state index is 13.3. The molecule has 1 heterocycles. The lowest BCUT2D eigenvalue weighted by atomic mass is 10.1. The summed E-state index contributed by atoms with van der Waals surface area (Å²) in [5.41, 5.74) is -2.25. The summed E-state index contributed by atoms with van der Waals surface area (Å²) < 4.78 is 90.4. The van der Waals surface area contributed by atoms with Crippen LogP contribution >= 0.6 is 0 Å². The van der Waals surface area contributed by atoms with Crippen LogP contribution in [0.25, 0.3) is 0 Å². The third-order valence-corrected chi connectivity index (χ3v) is 5.74. The molecule has 1 aliphatic rings. The Bertz CT molecular complexity index is 1010. The summed E-state index contributed by atoms with van der Waals surface area (Å²) in [6.07, 6.45) is -5.88. The second-order valence-electron chi connectivity index (χ2n) is 8.45. The van der Waals surface area contributed by atoms with Crippen LogP contribution < -0.4 is 14.4 Å². The van der Waals surface area contributed by atoms with E-state index in [0.717, 1.165) is 36.7 Å². The Morgan fingerprint density at radius 3 is 2.03 bits per heavy atom. The zero-order chi connectivity index (χ0) is 26.2. The number of rotatable bonds is 10. The van der Waals surface area contributed by atoms with E-state index in [9.17, 15) is 26.3 Å². The number of hydrogen-bond acceptors (Lipinski definition) is 5. The number of ether oxygens (including phenoxy) is 2. The van der Waals surface area contributed by atoms with Gasteiger partial charge < -0.3 is 14.4 Å². The van der Waals surface area contributed by atoms with Crippen LogP contribution in [0.15, 0.2) is 42.5 Å². The molecule has 196 valence electrons. The zero-order valence-electron chi connectivity index (χ0n) is 19.5. The van der Waals surface area contributed by atoms with Crippen molar-refractivity contribution in [2.24, 2.45) is 0 Å². The van der Waals surface area contributed by atoms with Gasteiger partial charge in [-0.05, 0) is 68.4 Å². The Morgan fingerprint density at radius 2 is 1.47 bits per heavy atom. The van der Waals surface area contributed by atoms with Crippen LogP contribution in [-0.4, -0.2) is 57.0 Å². The number of anilines is 1. The van der Waals surface area contributed by atoms with E-state index in [1.165, 1.54) is 25.3 Å². The summed E-state index contributed by atoms with van der Waals surface area (Å²) in [5.74, 6) is 1.02. The second-order valence-corrected chi connectivity index (χ2v) is 8.45. The van der Waals surface area contributed by atoms with Gasteiger partial charge in [0.25, 0.3) is 0 Å². The quantitative estimate of drug-likeness (QED) is 0.370. The SMILES string of the molecule is N#Cc1ccc(N(CCOc2ccc(OCCN3CCCCC3)cc2)CC(F)(F)F)cc1C(F)(F)F. The predicted molar refractivity (Wildman–Crippen MR) is 122 cm³/mol. The van der Waals surface area contributed by atoms with Gasteiger partial charge in [-0.1, -0.05) is 6.42 Å². The molecule has 0 bridgehead atoms. The minimum Gasteiger partial charge on any atom is -0.492 e. The van der Waals surface area contributed by atoms with Crippen molar-refractivity contribution in [3.05, 3.63) is 53.6 Å². The standard InChI is InChI=1S/C25H27F6N3O2/c26-24(27,28)18-34(20-5-4-19(17-32)23(16-20)25(29,30)31)13-15-36-22-8-6-21(7-9-22)35-14-12-33-10-2-1-3-11-33/h4-9,16H,1-3,10-15,18H2. The highest BCUT2D eigenvalue weighted by Crippen LogP contribution is 2.35. The highest BCUT2D eigenvalue weighted by molar-refractivity contribution is 5.55. The molecule has 0 aliphatic carbocycles. The molecule has 0 amide bonds. The number of likely N-dealkylation sites (tertiary alicyclic amines) is 1. The van der Waals surface area contributed by atoms with Crippen LogP contribution in [0.5, 0.6) is 11.5 Å². The Kier molecular flexibility index (Phi) is 9.31. The van der Waals surface area contributed by atoms with Crippen molar-refractivity contribution in [2.75, 3.05) is 50.8 Å². The first-order chi connectivity index (χ1) is 17.0. The number of piperidine rings is 1. The van der Waals surface area contributed by atoms with Gasteiger partial charge in [0.05, 0.1) is 23.7 Å². The van der Waals surface area contributed by atoms with Crippen molar-refractivity contribution < 1.29 is 35.8 Å². The molecule has 36 heavy (non-hydrogen) atoms. The number of alkyl halides is 6. The molecular weight excluding hydrogens is 488 g/mol. The summed E-state index contributed by atoms with van der Waals surface area (Å²) in [6.45, 7) is 1.52. The lowest BCUT2D eigenvalue weighted by Crippen LogP contribution is -2.37. The molecule has 0 unspecified atom stereocenters. The topological polar surface area (TPSA) is 48.7 Å². The normalized spacial score (nSPS) is 14.8. The van der Waals surface area contributed by atoms with Crippen molar-refractivity contribution >= 4 is 5.69 Å². The van der Waals surface area contributed by atoms with Gasteiger partial charge in [0.1, 0.15) is 31.3 Å². The summed E-state index contributed by atoms with van der Waals surface area (Å²) in [5, 5.41) is 8.92. The highest BCUT2D eigenvalue weighted by Gasteiger charge is 2.36. The van der Waals surface area contributed by atoms with E-state index in [0.29, 0.717) is 24.2 Å². The van der Waals surface area contributed by atoms with Crippen molar-refractivity contribution in [3.8, 4) is 17.6 Å². The second kappa shape index (κ2) is 12.2. The van der Waals surface area contributed by atoms with Crippen LogP contribution in [0.4, 0.5) is 32.0 Å². The fourth-order valence-corrected chi connectivity index (χ4v) is 3.96. The van der Waals surface area contributed by atoms with Crippen LogP contribution in [0.2, 0.25) is 0 Å². The largest absolute Gasteiger partial charge is 0.492 e. The van der Waals surface area contributed by atoms with E-state index < -0.39 is 30.0 Å². The Hall–Kier alpha value is -3.13. The average molecular weight is 515 g/mol. The molecule has 0 radical (unpaired) electrons. The molecule has 2 aromatic carbocycles. The summed E-state index contributed by atoms with van der Waals surface area (Å²) in [7, 11) is 0. The van der Waals surface area contributed by atoms with Gasteiger partial charge >= 0.3 is 12.4 Å². The fourth-order valence-electron chi connectivity index (χ4n) is 3.96. The first-order valence-electron chi connectivity index (χ1n) is 11.6.